The highest BCUT2D eigenvalue weighted by Gasteiger charge is 2.07. The lowest BCUT2D eigenvalue weighted by atomic mass is 10.1. The molecule has 0 atom stereocenters. The molecule has 0 unspecified atom stereocenters. The molecule has 0 saturated heterocycles. The zero-order chi connectivity index (χ0) is 17.5. The largest absolute Gasteiger partial charge is 0.326 e. The van der Waals surface area contributed by atoms with Crippen LogP contribution in [-0.4, -0.2) is 17.5 Å². The van der Waals surface area contributed by atoms with Crippen LogP contribution in [0.1, 0.15) is 29.3 Å². The molecule has 6 heteroatoms. The molecular weight excluding hydrogens is 309 g/mol. The van der Waals surface area contributed by atoms with Crippen LogP contribution in [0.2, 0.25) is 0 Å². The molecule has 0 aliphatic heterocycles. The molecule has 0 spiro atoms. The van der Waals surface area contributed by atoms with Crippen LogP contribution in [0.15, 0.2) is 53.6 Å². The van der Waals surface area contributed by atoms with E-state index < -0.39 is 0 Å². The number of halogens is 1. The van der Waals surface area contributed by atoms with Crippen LogP contribution in [0, 0.1) is 12.7 Å². The van der Waals surface area contributed by atoms with Gasteiger partial charge in [-0.05, 0) is 50.2 Å². The smallest absolute Gasteiger partial charge is 0.271 e. The summed E-state index contributed by atoms with van der Waals surface area (Å²) in [6, 6.07) is 12.5. The van der Waals surface area contributed by atoms with Gasteiger partial charge in [-0.3, -0.25) is 9.59 Å². The molecule has 2 aromatic rings. The Morgan fingerprint density at radius 2 is 1.67 bits per heavy atom. The monoisotopic (exact) mass is 327 g/mol. The van der Waals surface area contributed by atoms with Crippen molar-refractivity contribution in [1.82, 2.24) is 5.43 Å². The normalized spacial score (nSPS) is 11.0. The first-order chi connectivity index (χ1) is 11.4. The van der Waals surface area contributed by atoms with E-state index in [-0.39, 0.29) is 24.1 Å². The highest BCUT2D eigenvalue weighted by Crippen LogP contribution is 2.08. The summed E-state index contributed by atoms with van der Waals surface area (Å²) in [5, 5.41) is 6.54. The van der Waals surface area contributed by atoms with Crippen molar-refractivity contribution in [1.29, 1.82) is 0 Å². The van der Waals surface area contributed by atoms with Crippen molar-refractivity contribution in [3.8, 4) is 0 Å². The maximum atomic E-state index is 12.8. The zero-order valence-corrected chi connectivity index (χ0v) is 13.5. The van der Waals surface area contributed by atoms with Crippen LogP contribution in [0.5, 0.6) is 0 Å². The van der Waals surface area contributed by atoms with Gasteiger partial charge in [0.05, 0.1) is 6.42 Å². The fraction of sp³-hybridized carbons (Fsp3) is 0.167. The number of benzene rings is 2. The second kappa shape index (κ2) is 8.01. The number of carbonyl (C=O) groups excluding carboxylic acids is 2. The fourth-order valence-corrected chi connectivity index (χ4v) is 1.93. The molecule has 2 amide bonds. The van der Waals surface area contributed by atoms with Gasteiger partial charge in [0, 0.05) is 17.0 Å². The van der Waals surface area contributed by atoms with Gasteiger partial charge >= 0.3 is 0 Å². The first-order valence-corrected chi connectivity index (χ1v) is 7.39. The molecule has 0 fully saturated rings. The lowest BCUT2D eigenvalue weighted by Crippen LogP contribution is -2.21. The van der Waals surface area contributed by atoms with E-state index in [1.165, 1.54) is 24.3 Å². The minimum absolute atomic E-state index is 0.0194. The number of rotatable bonds is 5. The summed E-state index contributed by atoms with van der Waals surface area (Å²) in [4.78, 5) is 23.8. The third-order valence-electron chi connectivity index (χ3n) is 3.21. The Morgan fingerprint density at radius 3 is 2.29 bits per heavy atom. The van der Waals surface area contributed by atoms with Crippen molar-refractivity contribution in [2.24, 2.45) is 5.10 Å². The van der Waals surface area contributed by atoms with Gasteiger partial charge in [-0.25, -0.2) is 9.82 Å². The van der Waals surface area contributed by atoms with Crippen molar-refractivity contribution in [2.75, 3.05) is 5.32 Å². The zero-order valence-electron chi connectivity index (χ0n) is 13.5. The van der Waals surface area contributed by atoms with Crippen LogP contribution >= 0.6 is 0 Å². The lowest BCUT2D eigenvalue weighted by Gasteiger charge is -2.05. The Hall–Kier alpha value is -3.02. The first kappa shape index (κ1) is 17.3. The Morgan fingerprint density at radius 1 is 1.04 bits per heavy atom. The number of hydrogen-bond donors (Lipinski definition) is 2. The highest BCUT2D eigenvalue weighted by atomic mass is 19.1. The number of carbonyl (C=O) groups is 2. The first-order valence-electron chi connectivity index (χ1n) is 7.39. The van der Waals surface area contributed by atoms with Crippen LogP contribution in [-0.2, 0) is 4.79 Å². The lowest BCUT2D eigenvalue weighted by molar-refractivity contribution is -0.115. The minimum atomic E-state index is -0.371. The average molecular weight is 327 g/mol. The van der Waals surface area contributed by atoms with Crippen LogP contribution in [0.3, 0.4) is 0 Å². The molecule has 5 nitrogen and oxygen atoms in total. The Labute approximate surface area is 139 Å². The SMILES string of the molecule is CC(CC(=O)Nc1ccc(F)cc1)=NNC(=O)c1ccc(C)cc1. The van der Waals surface area contributed by atoms with Gasteiger partial charge in [0.1, 0.15) is 5.82 Å². The molecule has 24 heavy (non-hydrogen) atoms. The van der Waals surface area contributed by atoms with E-state index in [0.29, 0.717) is 17.0 Å². The van der Waals surface area contributed by atoms with Crippen LogP contribution in [0.4, 0.5) is 10.1 Å². The van der Waals surface area contributed by atoms with Gasteiger partial charge in [0.25, 0.3) is 5.91 Å². The van der Waals surface area contributed by atoms with Crippen LogP contribution in [0.25, 0.3) is 0 Å². The van der Waals surface area contributed by atoms with E-state index in [1.807, 2.05) is 19.1 Å². The molecule has 2 N–H and O–H groups in total. The third-order valence-corrected chi connectivity index (χ3v) is 3.21. The summed E-state index contributed by atoms with van der Waals surface area (Å²) >= 11 is 0. The molecule has 2 rings (SSSR count). The van der Waals surface area contributed by atoms with E-state index in [0.717, 1.165) is 5.56 Å². The molecule has 0 aliphatic carbocycles. The number of nitrogens with zero attached hydrogens (tertiary/aromatic N) is 1. The Balaban J connectivity index is 1.86. The quantitative estimate of drug-likeness (QED) is 0.653. The number of amides is 2. The molecule has 0 bridgehead atoms. The summed E-state index contributed by atoms with van der Waals surface area (Å²) in [6.07, 6.45) is 0.0194. The van der Waals surface area contributed by atoms with Gasteiger partial charge in [-0.15, -0.1) is 0 Å². The molecule has 124 valence electrons. The number of hydrogen-bond acceptors (Lipinski definition) is 3. The fourth-order valence-electron chi connectivity index (χ4n) is 1.93. The summed E-state index contributed by atoms with van der Waals surface area (Å²) < 4.78 is 12.8. The van der Waals surface area contributed by atoms with E-state index in [1.54, 1.807) is 19.1 Å². The summed E-state index contributed by atoms with van der Waals surface area (Å²) in [6.45, 7) is 3.57. The van der Waals surface area contributed by atoms with E-state index in [9.17, 15) is 14.0 Å². The topological polar surface area (TPSA) is 70.6 Å². The van der Waals surface area contributed by atoms with Gasteiger partial charge in [0.15, 0.2) is 0 Å². The second-order valence-electron chi connectivity index (χ2n) is 5.39. The van der Waals surface area contributed by atoms with E-state index >= 15 is 0 Å². The maximum absolute atomic E-state index is 12.8. The second-order valence-corrected chi connectivity index (χ2v) is 5.39. The summed E-state index contributed by atoms with van der Waals surface area (Å²) in [5.41, 5.74) is 4.92. The Bertz CT molecular complexity index is 753. The highest BCUT2D eigenvalue weighted by molar-refractivity contribution is 6.06. The third kappa shape index (κ3) is 5.31. The predicted molar refractivity (Wildman–Crippen MR) is 91.4 cm³/mol. The maximum Gasteiger partial charge on any atom is 0.271 e. The molecule has 0 aliphatic rings. The van der Waals surface area contributed by atoms with Gasteiger partial charge < -0.3 is 5.32 Å². The predicted octanol–water partition coefficient (Wildman–Crippen LogP) is 3.27. The average Bonchev–Trinajstić information content (AvgIpc) is 2.55. The van der Waals surface area contributed by atoms with Crippen molar-refractivity contribution >= 4 is 23.2 Å². The standard InChI is InChI=1S/C18H18FN3O2/c1-12-3-5-14(6-4-12)18(24)22-21-13(2)11-17(23)20-16-9-7-15(19)8-10-16/h3-10H,11H2,1-2H3,(H,20,23)(H,22,24). The van der Waals surface area contributed by atoms with Crippen molar-refractivity contribution in [2.45, 2.75) is 20.3 Å². The van der Waals surface area contributed by atoms with Gasteiger partial charge in [0.2, 0.25) is 5.91 Å². The molecule has 0 saturated carbocycles. The molecule has 0 aromatic heterocycles. The molecular formula is C18H18FN3O2. The number of anilines is 1. The Kier molecular flexibility index (Phi) is 5.78. The van der Waals surface area contributed by atoms with Gasteiger partial charge in [-0.1, -0.05) is 17.7 Å². The molecule has 2 aromatic carbocycles. The number of aryl methyl sites for hydroxylation is 1. The minimum Gasteiger partial charge on any atom is -0.326 e. The number of nitrogens with one attached hydrogen (secondary N) is 2. The van der Waals surface area contributed by atoms with Gasteiger partial charge in [-0.2, -0.15) is 5.10 Å². The number of hydrazone groups is 1. The van der Waals surface area contributed by atoms with E-state index in [2.05, 4.69) is 15.8 Å². The van der Waals surface area contributed by atoms with Crippen molar-refractivity contribution in [3.63, 3.8) is 0 Å². The van der Waals surface area contributed by atoms with Crippen molar-refractivity contribution in [3.05, 3.63) is 65.5 Å². The molecule has 0 heterocycles. The van der Waals surface area contributed by atoms with Crippen LogP contribution < -0.4 is 10.7 Å². The molecule has 0 radical (unpaired) electrons. The summed E-state index contributed by atoms with van der Waals surface area (Å²) in [7, 11) is 0. The van der Waals surface area contributed by atoms with E-state index in [4.69, 9.17) is 0 Å². The summed E-state index contributed by atoms with van der Waals surface area (Å²) in [5.74, 6) is -1.01. The van der Waals surface area contributed by atoms with Crippen molar-refractivity contribution < 1.29 is 14.0 Å².